The van der Waals surface area contributed by atoms with Crippen LogP contribution in [0.2, 0.25) is 10.0 Å². The van der Waals surface area contributed by atoms with E-state index >= 15 is 0 Å². The van der Waals surface area contributed by atoms with Crippen LogP contribution >= 0.6 is 23.2 Å². The van der Waals surface area contributed by atoms with Crippen molar-refractivity contribution < 1.29 is 13.2 Å². The number of pyridine rings is 2. The predicted molar refractivity (Wildman–Crippen MR) is 153 cm³/mol. The normalized spacial score (nSPS) is 12.3. The number of carbonyl (C=O) groups excluding carboxylic acids is 1. The molecule has 0 fully saturated rings. The Morgan fingerprint density at radius 1 is 0.947 bits per heavy atom. The number of nitrogens with one attached hydrogen (secondary N) is 2. The van der Waals surface area contributed by atoms with Gasteiger partial charge in [0.1, 0.15) is 11.3 Å². The number of aryl methyl sites for hydroxylation is 4. The van der Waals surface area contributed by atoms with Crippen LogP contribution in [0.1, 0.15) is 70.6 Å². The number of H-pyrrole nitrogens is 1. The van der Waals surface area contributed by atoms with E-state index in [1.165, 1.54) is 18.2 Å². The predicted octanol–water partition coefficient (Wildman–Crippen LogP) is 7.14. The fraction of sp³-hybridized carbons (Fsp3) is 0.321. The molecule has 0 radical (unpaired) electrons. The number of benzene rings is 1. The molecule has 200 valence electrons. The van der Waals surface area contributed by atoms with Gasteiger partial charge in [0.2, 0.25) is 5.78 Å². The largest absolute Gasteiger partial charge is 0.343 e. The first kappa shape index (κ1) is 28.1. The highest BCUT2D eigenvalue weighted by atomic mass is 35.5. The summed E-state index contributed by atoms with van der Waals surface area (Å²) in [7, 11) is -4.15. The minimum absolute atomic E-state index is 0.0155. The number of hydrogen-bond donors (Lipinski definition) is 2. The number of hydrogen-bond acceptors (Lipinski definition) is 5. The molecule has 0 saturated heterocycles. The maximum atomic E-state index is 14.2. The SMILES string of the molecule is Cc1cc(C(=O)c2nc(C)c(C(C)(C)C)c(C)c2NS(=O)(=O)c2ccc(Cl)c(Cl)c2)c2c(C)c(C)[nH]c2n1. The summed E-state index contributed by atoms with van der Waals surface area (Å²) >= 11 is 12.1. The summed E-state index contributed by atoms with van der Waals surface area (Å²) in [6.07, 6.45) is 0. The Hall–Kier alpha value is -2.94. The first-order chi connectivity index (χ1) is 17.5. The van der Waals surface area contributed by atoms with E-state index in [0.717, 1.165) is 16.8 Å². The summed E-state index contributed by atoms with van der Waals surface area (Å²) in [5.74, 6) is -0.402. The minimum atomic E-state index is -4.15. The highest BCUT2D eigenvalue weighted by Gasteiger charge is 2.30. The number of sulfonamides is 1. The molecule has 4 aromatic rings. The molecule has 0 amide bonds. The lowest BCUT2D eigenvalue weighted by Gasteiger charge is -2.27. The van der Waals surface area contributed by atoms with E-state index in [2.05, 4.69) is 14.7 Å². The molecular formula is C28H30Cl2N4O3S. The smallest absolute Gasteiger partial charge is 0.262 e. The molecule has 0 atom stereocenters. The Morgan fingerprint density at radius 2 is 1.61 bits per heavy atom. The van der Waals surface area contributed by atoms with Crippen molar-refractivity contribution in [3.63, 3.8) is 0 Å². The van der Waals surface area contributed by atoms with Crippen LogP contribution in [0.4, 0.5) is 5.69 Å². The summed E-state index contributed by atoms with van der Waals surface area (Å²) in [5, 5.41) is 1.03. The molecular weight excluding hydrogens is 543 g/mol. The first-order valence-corrected chi connectivity index (χ1v) is 14.3. The fourth-order valence-electron chi connectivity index (χ4n) is 4.99. The molecule has 3 heterocycles. The Morgan fingerprint density at radius 3 is 2.21 bits per heavy atom. The Kier molecular flexibility index (Phi) is 7.14. The number of halogens is 2. The van der Waals surface area contributed by atoms with Crippen molar-refractivity contribution in [3.05, 3.63) is 79.3 Å². The number of rotatable bonds is 5. The number of nitrogens with zero attached hydrogens (tertiary/aromatic N) is 2. The van der Waals surface area contributed by atoms with E-state index in [4.69, 9.17) is 28.2 Å². The van der Waals surface area contributed by atoms with Gasteiger partial charge in [0, 0.05) is 28.0 Å². The van der Waals surface area contributed by atoms with Gasteiger partial charge < -0.3 is 4.98 Å². The summed E-state index contributed by atoms with van der Waals surface area (Å²) in [6.45, 7) is 15.3. The van der Waals surface area contributed by atoms with Crippen LogP contribution in [0.15, 0.2) is 29.2 Å². The van der Waals surface area contributed by atoms with Crippen LogP contribution in [0.5, 0.6) is 0 Å². The average Bonchev–Trinajstić information content (AvgIpc) is 3.08. The van der Waals surface area contributed by atoms with Gasteiger partial charge in [-0.3, -0.25) is 9.52 Å². The van der Waals surface area contributed by atoms with E-state index in [-0.39, 0.29) is 31.7 Å². The van der Waals surface area contributed by atoms with Crippen LogP contribution in [-0.2, 0) is 15.4 Å². The van der Waals surface area contributed by atoms with Gasteiger partial charge in [0.25, 0.3) is 10.0 Å². The van der Waals surface area contributed by atoms with Gasteiger partial charge in [-0.25, -0.2) is 18.4 Å². The minimum Gasteiger partial charge on any atom is -0.343 e. The fourth-order valence-corrected chi connectivity index (χ4v) is 6.51. The molecule has 0 spiro atoms. The maximum Gasteiger partial charge on any atom is 0.262 e. The van der Waals surface area contributed by atoms with Gasteiger partial charge >= 0.3 is 0 Å². The van der Waals surface area contributed by atoms with Crippen LogP contribution in [0.25, 0.3) is 11.0 Å². The number of fused-ring (bicyclic) bond motifs is 1. The monoisotopic (exact) mass is 572 g/mol. The number of aromatic nitrogens is 3. The molecule has 7 nitrogen and oxygen atoms in total. The average molecular weight is 574 g/mol. The molecule has 0 bridgehead atoms. The molecule has 2 N–H and O–H groups in total. The molecule has 10 heteroatoms. The van der Waals surface area contributed by atoms with Gasteiger partial charge in [0.15, 0.2) is 0 Å². The summed E-state index contributed by atoms with van der Waals surface area (Å²) in [5.41, 5.74) is 5.36. The van der Waals surface area contributed by atoms with Gasteiger partial charge in [-0.2, -0.15) is 0 Å². The molecule has 0 unspecified atom stereocenters. The lowest BCUT2D eigenvalue weighted by molar-refractivity contribution is 0.103. The molecule has 4 rings (SSSR count). The molecule has 0 saturated carbocycles. The van der Waals surface area contributed by atoms with Crippen molar-refractivity contribution in [2.75, 3.05) is 4.72 Å². The van der Waals surface area contributed by atoms with Gasteiger partial charge in [-0.05, 0) is 81.0 Å². The second kappa shape index (κ2) is 9.67. The van der Waals surface area contributed by atoms with Crippen LogP contribution < -0.4 is 4.72 Å². The third kappa shape index (κ3) is 4.93. The molecule has 1 aromatic carbocycles. The Bertz CT molecular complexity index is 1740. The highest BCUT2D eigenvalue weighted by molar-refractivity contribution is 7.92. The van der Waals surface area contributed by atoms with Crippen molar-refractivity contribution >= 4 is 55.7 Å². The Balaban J connectivity index is 2.00. The number of ketones is 1. The number of anilines is 1. The van der Waals surface area contributed by atoms with Crippen molar-refractivity contribution in [3.8, 4) is 0 Å². The van der Waals surface area contributed by atoms with E-state index in [0.29, 0.717) is 33.5 Å². The zero-order valence-electron chi connectivity index (χ0n) is 22.6. The van der Waals surface area contributed by atoms with E-state index < -0.39 is 15.8 Å². The third-order valence-corrected chi connectivity index (χ3v) is 8.75. The van der Waals surface area contributed by atoms with Crippen LogP contribution in [0.3, 0.4) is 0 Å². The summed E-state index contributed by atoms with van der Waals surface area (Å²) < 4.78 is 29.7. The summed E-state index contributed by atoms with van der Waals surface area (Å²) in [6, 6.07) is 5.77. The lowest BCUT2D eigenvalue weighted by Crippen LogP contribution is -2.23. The second-order valence-electron chi connectivity index (χ2n) is 10.6. The standard InChI is InChI=1S/C28H30Cl2N4O3S/c1-13-11-19(22-14(2)16(4)33-27(22)31-13)26(35)25-24(15(3)23(17(5)32-25)28(6,7)8)34-38(36,37)18-9-10-20(29)21(30)12-18/h9-12,34H,1-8H3,(H,31,33). The maximum absolute atomic E-state index is 14.2. The number of carbonyl (C=O) groups is 1. The van der Waals surface area contributed by atoms with Gasteiger partial charge in [-0.1, -0.05) is 44.0 Å². The molecule has 3 aromatic heterocycles. The Labute approximate surface area is 233 Å². The van der Waals surface area contributed by atoms with Crippen molar-refractivity contribution in [1.82, 2.24) is 15.0 Å². The highest BCUT2D eigenvalue weighted by Crippen LogP contribution is 2.37. The topological polar surface area (TPSA) is 105 Å². The quantitative estimate of drug-likeness (QED) is 0.247. The number of aromatic amines is 1. The second-order valence-corrected chi connectivity index (χ2v) is 13.1. The van der Waals surface area contributed by atoms with Gasteiger partial charge in [0.05, 0.1) is 20.6 Å². The van der Waals surface area contributed by atoms with E-state index in [1.54, 1.807) is 13.0 Å². The molecule has 0 aliphatic carbocycles. The molecule has 0 aliphatic heterocycles. The first-order valence-electron chi connectivity index (χ1n) is 12.0. The van der Waals surface area contributed by atoms with Crippen molar-refractivity contribution in [2.45, 2.75) is 65.7 Å². The van der Waals surface area contributed by atoms with E-state index in [1.807, 2.05) is 48.5 Å². The van der Waals surface area contributed by atoms with Crippen LogP contribution in [-0.4, -0.2) is 29.2 Å². The van der Waals surface area contributed by atoms with Crippen LogP contribution in [0, 0.1) is 34.6 Å². The molecule has 0 aliphatic rings. The third-order valence-electron chi connectivity index (χ3n) is 6.67. The lowest BCUT2D eigenvalue weighted by atomic mass is 9.82. The van der Waals surface area contributed by atoms with Gasteiger partial charge in [-0.15, -0.1) is 0 Å². The zero-order chi connectivity index (χ0) is 28.3. The van der Waals surface area contributed by atoms with Crippen molar-refractivity contribution in [2.24, 2.45) is 0 Å². The summed E-state index contributed by atoms with van der Waals surface area (Å²) in [4.78, 5) is 26.6. The molecule has 38 heavy (non-hydrogen) atoms. The van der Waals surface area contributed by atoms with Crippen molar-refractivity contribution in [1.29, 1.82) is 0 Å². The zero-order valence-corrected chi connectivity index (χ0v) is 24.9. The van der Waals surface area contributed by atoms with E-state index in [9.17, 15) is 13.2 Å².